The molecule has 9 heteroatoms. The van der Waals surface area contributed by atoms with Crippen LogP contribution < -0.4 is 5.32 Å². The number of amides is 1. The fraction of sp³-hybridized carbons (Fsp3) is 0.500. The van der Waals surface area contributed by atoms with Gasteiger partial charge in [0.2, 0.25) is 11.1 Å². The minimum absolute atomic E-state index is 0.0401. The van der Waals surface area contributed by atoms with Crippen molar-refractivity contribution in [3.63, 3.8) is 0 Å². The van der Waals surface area contributed by atoms with E-state index in [1.807, 2.05) is 25.1 Å². The quantitative estimate of drug-likeness (QED) is 0.703. The van der Waals surface area contributed by atoms with Gasteiger partial charge in [-0.25, -0.2) is 4.98 Å². The van der Waals surface area contributed by atoms with E-state index >= 15 is 0 Å². The Kier molecular flexibility index (Phi) is 6.37. The molecule has 1 aliphatic rings. The van der Waals surface area contributed by atoms with Crippen LogP contribution in [-0.2, 0) is 9.53 Å². The zero-order chi connectivity index (χ0) is 17.5. The molecule has 3 rings (SSSR count). The first-order valence-electron chi connectivity index (χ1n) is 8.23. The third-order valence-electron chi connectivity index (χ3n) is 3.92. The Hall–Kier alpha value is -1.97. The molecule has 0 radical (unpaired) electrons. The largest absolute Gasteiger partial charge is 0.379 e. The van der Waals surface area contributed by atoms with Crippen LogP contribution in [0.4, 0.5) is 0 Å². The minimum Gasteiger partial charge on any atom is -0.379 e. The van der Waals surface area contributed by atoms with Crippen molar-refractivity contribution in [3.05, 3.63) is 35.9 Å². The number of thioether (sulfide) groups is 1. The molecule has 0 spiro atoms. The van der Waals surface area contributed by atoms with Gasteiger partial charge in [0, 0.05) is 25.8 Å². The van der Waals surface area contributed by atoms with E-state index in [9.17, 15) is 4.79 Å². The lowest BCUT2D eigenvalue weighted by Crippen LogP contribution is -2.44. The van der Waals surface area contributed by atoms with Crippen molar-refractivity contribution in [1.29, 1.82) is 0 Å². The molecule has 0 unspecified atom stereocenters. The highest BCUT2D eigenvalue weighted by Gasteiger charge is 2.24. The Balaban J connectivity index is 1.55. The number of nitrogens with zero attached hydrogens (tertiary/aromatic N) is 4. The second-order valence-electron chi connectivity index (χ2n) is 5.71. The number of hydrogen-bond donors (Lipinski definition) is 2. The summed E-state index contributed by atoms with van der Waals surface area (Å²) in [5.41, 5.74) is 0.960. The summed E-state index contributed by atoms with van der Waals surface area (Å²) in [6, 6.07) is 5.91. The fourth-order valence-corrected chi connectivity index (χ4v) is 3.34. The van der Waals surface area contributed by atoms with Crippen molar-refractivity contribution >= 4 is 17.7 Å². The highest BCUT2D eigenvalue weighted by Crippen LogP contribution is 2.19. The van der Waals surface area contributed by atoms with E-state index in [0.29, 0.717) is 24.9 Å². The standard InChI is InChI=1S/C16H22N6O2S/c1-12-19-16(21-20-12)25-11-15(23)18-10-14(13-4-2-3-5-17-13)22-6-8-24-9-7-22/h2-5,14H,6-11H2,1H3,(H,18,23)(H,19,20,21)/t14-/m0/s1. The average molecular weight is 362 g/mol. The maximum atomic E-state index is 12.2. The number of aromatic nitrogens is 4. The SMILES string of the molecule is Cc1nc(SCC(=O)NC[C@@H](c2ccccn2)N2CCOCC2)n[nH]1. The molecule has 0 saturated carbocycles. The smallest absolute Gasteiger partial charge is 0.230 e. The molecule has 1 aliphatic heterocycles. The topological polar surface area (TPSA) is 96.0 Å². The highest BCUT2D eigenvalue weighted by molar-refractivity contribution is 7.99. The number of rotatable bonds is 7. The molecule has 0 bridgehead atoms. The van der Waals surface area contributed by atoms with Crippen LogP contribution in [0.25, 0.3) is 0 Å². The predicted octanol–water partition coefficient (Wildman–Crippen LogP) is 0.790. The molecular weight excluding hydrogens is 340 g/mol. The Morgan fingerprint density at radius 3 is 2.96 bits per heavy atom. The summed E-state index contributed by atoms with van der Waals surface area (Å²) < 4.78 is 5.43. The molecular formula is C16H22N6O2S. The molecule has 0 aliphatic carbocycles. The summed E-state index contributed by atoms with van der Waals surface area (Å²) in [7, 11) is 0. The fourth-order valence-electron chi connectivity index (χ4n) is 2.66. The first kappa shape index (κ1) is 17.8. The third-order valence-corrected chi connectivity index (χ3v) is 4.76. The van der Waals surface area contributed by atoms with Gasteiger partial charge in [0.15, 0.2) is 0 Å². The minimum atomic E-state index is -0.0401. The zero-order valence-corrected chi connectivity index (χ0v) is 15.0. The Labute approximate surface area is 150 Å². The molecule has 25 heavy (non-hydrogen) atoms. The number of hydrogen-bond acceptors (Lipinski definition) is 7. The van der Waals surface area contributed by atoms with Crippen molar-refractivity contribution in [2.75, 3.05) is 38.6 Å². The van der Waals surface area contributed by atoms with E-state index in [2.05, 4.69) is 30.4 Å². The Morgan fingerprint density at radius 1 is 1.44 bits per heavy atom. The molecule has 8 nitrogen and oxygen atoms in total. The number of morpholine rings is 1. The maximum absolute atomic E-state index is 12.2. The lowest BCUT2D eigenvalue weighted by Gasteiger charge is -2.34. The van der Waals surface area contributed by atoms with Gasteiger partial charge in [-0.1, -0.05) is 17.8 Å². The summed E-state index contributed by atoms with van der Waals surface area (Å²) >= 11 is 1.32. The van der Waals surface area contributed by atoms with Crippen LogP contribution in [0, 0.1) is 6.92 Å². The Bertz CT molecular complexity index is 674. The molecule has 0 aromatic carbocycles. The molecule has 2 N–H and O–H groups in total. The van der Waals surface area contributed by atoms with E-state index in [-0.39, 0.29) is 17.7 Å². The lowest BCUT2D eigenvalue weighted by molar-refractivity contribution is -0.118. The van der Waals surface area contributed by atoms with Crippen LogP contribution in [0.3, 0.4) is 0 Å². The molecule has 3 heterocycles. The molecule has 1 saturated heterocycles. The number of carbonyl (C=O) groups is 1. The van der Waals surface area contributed by atoms with Crippen molar-refractivity contribution < 1.29 is 9.53 Å². The van der Waals surface area contributed by atoms with Gasteiger partial charge >= 0.3 is 0 Å². The number of aryl methyl sites for hydroxylation is 1. The maximum Gasteiger partial charge on any atom is 0.230 e. The summed E-state index contributed by atoms with van der Waals surface area (Å²) in [5, 5.41) is 10.4. The first-order chi connectivity index (χ1) is 12.2. The molecule has 1 atom stereocenters. The zero-order valence-electron chi connectivity index (χ0n) is 14.1. The molecule has 2 aromatic rings. The van der Waals surface area contributed by atoms with Crippen LogP contribution in [0.2, 0.25) is 0 Å². The number of ether oxygens (including phenoxy) is 1. The second-order valence-corrected chi connectivity index (χ2v) is 6.66. The summed E-state index contributed by atoms with van der Waals surface area (Å²) in [6.45, 7) is 5.43. The van der Waals surface area contributed by atoms with Gasteiger partial charge in [0.1, 0.15) is 5.82 Å². The number of aromatic amines is 1. The average Bonchev–Trinajstić information content (AvgIpc) is 3.07. The molecule has 134 valence electrons. The van der Waals surface area contributed by atoms with Crippen molar-refractivity contribution in [2.45, 2.75) is 18.1 Å². The molecule has 1 fully saturated rings. The van der Waals surface area contributed by atoms with Gasteiger partial charge in [-0.3, -0.25) is 19.8 Å². The summed E-state index contributed by atoms with van der Waals surface area (Å²) in [6.07, 6.45) is 1.78. The molecule has 1 amide bonds. The normalized spacial score (nSPS) is 16.5. The van der Waals surface area contributed by atoms with Crippen molar-refractivity contribution in [2.24, 2.45) is 0 Å². The van der Waals surface area contributed by atoms with Crippen LogP contribution in [-0.4, -0.2) is 69.6 Å². The Morgan fingerprint density at radius 2 is 2.28 bits per heavy atom. The van der Waals surface area contributed by atoms with Gasteiger partial charge in [-0.05, 0) is 19.1 Å². The van der Waals surface area contributed by atoms with E-state index < -0.39 is 0 Å². The van der Waals surface area contributed by atoms with E-state index in [0.717, 1.165) is 24.6 Å². The van der Waals surface area contributed by atoms with E-state index in [1.54, 1.807) is 6.20 Å². The van der Waals surface area contributed by atoms with Crippen LogP contribution in [0.1, 0.15) is 17.6 Å². The van der Waals surface area contributed by atoms with E-state index in [4.69, 9.17) is 4.74 Å². The van der Waals surface area contributed by atoms with Crippen LogP contribution in [0.5, 0.6) is 0 Å². The number of carbonyl (C=O) groups excluding carboxylic acids is 1. The second kappa shape index (κ2) is 8.93. The van der Waals surface area contributed by atoms with Crippen LogP contribution >= 0.6 is 11.8 Å². The third kappa shape index (κ3) is 5.25. The number of H-pyrrole nitrogens is 1. The van der Waals surface area contributed by atoms with Crippen molar-refractivity contribution in [3.8, 4) is 0 Å². The summed E-state index contributed by atoms with van der Waals surface area (Å²) in [4.78, 5) is 23.1. The van der Waals surface area contributed by atoms with Crippen molar-refractivity contribution in [1.82, 2.24) is 30.4 Å². The monoisotopic (exact) mass is 362 g/mol. The van der Waals surface area contributed by atoms with Crippen LogP contribution in [0.15, 0.2) is 29.6 Å². The van der Waals surface area contributed by atoms with Gasteiger partial charge in [-0.2, -0.15) is 0 Å². The van der Waals surface area contributed by atoms with Gasteiger partial charge < -0.3 is 10.1 Å². The number of pyridine rings is 1. The highest BCUT2D eigenvalue weighted by atomic mass is 32.2. The van der Waals surface area contributed by atoms with Gasteiger partial charge in [0.25, 0.3) is 0 Å². The van der Waals surface area contributed by atoms with E-state index in [1.165, 1.54) is 11.8 Å². The lowest BCUT2D eigenvalue weighted by atomic mass is 10.1. The summed E-state index contributed by atoms with van der Waals surface area (Å²) in [5.74, 6) is 0.988. The first-order valence-corrected chi connectivity index (χ1v) is 9.22. The van der Waals surface area contributed by atoms with Gasteiger partial charge in [-0.15, -0.1) is 5.10 Å². The predicted molar refractivity (Wildman–Crippen MR) is 94.2 cm³/mol. The van der Waals surface area contributed by atoms with Gasteiger partial charge in [0.05, 0.1) is 30.7 Å². The molecule has 2 aromatic heterocycles. The number of nitrogens with one attached hydrogen (secondary N) is 2.